The monoisotopic (exact) mass is 283 g/mol. The van der Waals surface area contributed by atoms with E-state index in [1.54, 1.807) is 10.9 Å². The summed E-state index contributed by atoms with van der Waals surface area (Å²) in [6.45, 7) is 4.01. The molecule has 108 valence electrons. The molecule has 1 N–H and O–H groups in total. The van der Waals surface area contributed by atoms with Gasteiger partial charge in [0.05, 0.1) is 11.8 Å². The van der Waals surface area contributed by atoms with E-state index in [1.807, 2.05) is 55.9 Å². The molecule has 0 bridgehead atoms. The highest BCUT2D eigenvalue weighted by atomic mass is 16.1. The van der Waals surface area contributed by atoms with Crippen LogP contribution in [0.2, 0.25) is 0 Å². The van der Waals surface area contributed by atoms with Gasteiger partial charge in [0.2, 0.25) is 0 Å². The Balaban J connectivity index is 1.90. The van der Waals surface area contributed by atoms with E-state index < -0.39 is 0 Å². The molecule has 6 nitrogen and oxygen atoms in total. The van der Waals surface area contributed by atoms with E-state index in [0.717, 1.165) is 10.9 Å². The number of hydrogen-bond acceptors (Lipinski definition) is 3. The third kappa shape index (κ3) is 2.40. The molecule has 2 aromatic heterocycles. The normalized spacial score (nSPS) is 11.2. The first-order chi connectivity index (χ1) is 10.1. The van der Waals surface area contributed by atoms with E-state index >= 15 is 0 Å². The van der Waals surface area contributed by atoms with Gasteiger partial charge in [0, 0.05) is 30.2 Å². The van der Waals surface area contributed by atoms with E-state index in [2.05, 4.69) is 15.6 Å². The van der Waals surface area contributed by atoms with Gasteiger partial charge in [-0.05, 0) is 19.9 Å². The molecule has 0 aliphatic rings. The maximum atomic E-state index is 12.4. The zero-order valence-electron chi connectivity index (χ0n) is 12.2. The molecule has 3 rings (SSSR count). The summed E-state index contributed by atoms with van der Waals surface area (Å²) in [5.41, 5.74) is 1.65. The topological polar surface area (TPSA) is 64.7 Å². The highest BCUT2D eigenvalue weighted by Gasteiger charge is 2.15. The molecule has 0 atom stereocenters. The lowest BCUT2D eigenvalue weighted by Gasteiger charge is -2.02. The standard InChI is InChI=1S/C15H17N5O/c1-10(2)20-9-14(17-18-20)16-15(21)12-8-19(3)13-7-5-4-6-11(12)13/h4-10H,1-3H3,(H,16,21). The Morgan fingerprint density at radius 1 is 1.24 bits per heavy atom. The quantitative estimate of drug-likeness (QED) is 0.803. The molecule has 3 aromatic rings. The number of aryl methyl sites for hydroxylation is 1. The van der Waals surface area contributed by atoms with Crippen molar-refractivity contribution in [2.24, 2.45) is 7.05 Å². The van der Waals surface area contributed by atoms with Crippen LogP contribution in [-0.2, 0) is 7.05 Å². The summed E-state index contributed by atoms with van der Waals surface area (Å²) in [7, 11) is 1.92. The third-order valence-corrected chi connectivity index (χ3v) is 3.42. The number of benzene rings is 1. The number of carbonyl (C=O) groups is 1. The molecule has 1 aromatic carbocycles. The van der Waals surface area contributed by atoms with E-state index in [-0.39, 0.29) is 11.9 Å². The zero-order chi connectivity index (χ0) is 15.0. The number of rotatable bonds is 3. The first-order valence-electron chi connectivity index (χ1n) is 6.83. The average molecular weight is 283 g/mol. The summed E-state index contributed by atoms with van der Waals surface area (Å²) < 4.78 is 3.65. The van der Waals surface area contributed by atoms with Crippen molar-refractivity contribution < 1.29 is 4.79 Å². The van der Waals surface area contributed by atoms with Crippen molar-refractivity contribution in [3.05, 3.63) is 42.2 Å². The van der Waals surface area contributed by atoms with Crippen LogP contribution in [0.25, 0.3) is 10.9 Å². The second kappa shape index (κ2) is 5.05. The SMILES string of the molecule is CC(C)n1cc(NC(=O)c2cn(C)c3ccccc23)nn1. The maximum Gasteiger partial charge on any atom is 0.259 e. The number of anilines is 1. The lowest BCUT2D eigenvalue weighted by Crippen LogP contribution is -2.11. The fourth-order valence-corrected chi connectivity index (χ4v) is 2.29. The molecule has 0 saturated heterocycles. The van der Waals surface area contributed by atoms with Crippen molar-refractivity contribution in [2.75, 3.05) is 5.32 Å². The third-order valence-electron chi connectivity index (χ3n) is 3.42. The van der Waals surface area contributed by atoms with Crippen molar-refractivity contribution in [2.45, 2.75) is 19.9 Å². The summed E-state index contributed by atoms with van der Waals surface area (Å²) in [6.07, 6.45) is 3.56. The molecule has 0 fully saturated rings. The lowest BCUT2D eigenvalue weighted by molar-refractivity contribution is 0.102. The summed E-state index contributed by atoms with van der Waals surface area (Å²) in [5, 5.41) is 11.7. The minimum Gasteiger partial charge on any atom is -0.350 e. The van der Waals surface area contributed by atoms with Gasteiger partial charge in [0.25, 0.3) is 5.91 Å². The molecular weight excluding hydrogens is 266 g/mol. The molecule has 21 heavy (non-hydrogen) atoms. The van der Waals surface area contributed by atoms with Gasteiger partial charge in [-0.2, -0.15) is 0 Å². The van der Waals surface area contributed by atoms with E-state index in [4.69, 9.17) is 0 Å². The zero-order valence-corrected chi connectivity index (χ0v) is 12.2. The van der Waals surface area contributed by atoms with Crippen LogP contribution < -0.4 is 5.32 Å². The Morgan fingerprint density at radius 2 is 2.00 bits per heavy atom. The Hall–Kier alpha value is -2.63. The van der Waals surface area contributed by atoms with Crippen molar-refractivity contribution in [1.82, 2.24) is 19.6 Å². The Bertz CT molecular complexity index is 799. The average Bonchev–Trinajstić information content (AvgIpc) is 3.05. The van der Waals surface area contributed by atoms with Gasteiger partial charge in [0.1, 0.15) is 0 Å². The molecular formula is C15H17N5O. The Labute approximate surface area is 122 Å². The number of amides is 1. The first kappa shape index (κ1) is 13.4. The van der Waals surface area contributed by atoms with Crippen LogP contribution in [0.5, 0.6) is 0 Å². The minimum atomic E-state index is -0.178. The predicted octanol–water partition coefficient (Wildman–Crippen LogP) is 2.60. The van der Waals surface area contributed by atoms with Crippen molar-refractivity contribution in [3.8, 4) is 0 Å². The van der Waals surface area contributed by atoms with E-state index in [1.165, 1.54) is 0 Å². The number of fused-ring (bicyclic) bond motifs is 1. The molecule has 0 radical (unpaired) electrons. The Morgan fingerprint density at radius 3 is 2.71 bits per heavy atom. The molecule has 6 heteroatoms. The number of nitrogens with one attached hydrogen (secondary N) is 1. The number of hydrogen-bond donors (Lipinski definition) is 1. The van der Waals surface area contributed by atoms with Gasteiger partial charge >= 0.3 is 0 Å². The fraction of sp³-hybridized carbons (Fsp3) is 0.267. The predicted molar refractivity (Wildman–Crippen MR) is 81.3 cm³/mol. The molecule has 0 aliphatic heterocycles. The summed E-state index contributed by atoms with van der Waals surface area (Å²) in [5.74, 6) is 0.282. The van der Waals surface area contributed by atoms with Gasteiger partial charge in [-0.15, -0.1) is 5.10 Å². The van der Waals surface area contributed by atoms with Crippen LogP contribution >= 0.6 is 0 Å². The van der Waals surface area contributed by atoms with Crippen molar-refractivity contribution in [3.63, 3.8) is 0 Å². The lowest BCUT2D eigenvalue weighted by atomic mass is 10.1. The summed E-state index contributed by atoms with van der Waals surface area (Å²) >= 11 is 0. The van der Waals surface area contributed by atoms with Gasteiger partial charge < -0.3 is 9.88 Å². The summed E-state index contributed by atoms with van der Waals surface area (Å²) in [6, 6.07) is 8.02. The fourth-order valence-electron chi connectivity index (χ4n) is 2.29. The smallest absolute Gasteiger partial charge is 0.259 e. The Kier molecular flexibility index (Phi) is 3.21. The second-order valence-electron chi connectivity index (χ2n) is 5.30. The molecule has 1 amide bonds. The van der Waals surface area contributed by atoms with Crippen LogP contribution in [0.3, 0.4) is 0 Å². The second-order valence-corrected chi connectivity index (χ2v) is 5.30. The van der Waals surface area contributed by atoms with Crippen LogP contribution in [0.15, 0.2) is 36.7 Å². The van der Waals surface area contributed by atoms with E-state index in [0.29, 0.717) is 11.4 Å². The number of aromatic nitrogens is 4. The van der Waals surface area contributed by atoms with Crippen LogP contribution in [0.1, 0.15) is 30.2 Å². The summed E-state index contributed by atoms with van der Waals surface area (Å²) in [4.78, 5) is 12.4. The maximum absolute atomic E-state index is 12.4. The minimum absolute atomic E-state index is 0.178. The van der Waals surface area contributed by atoms with Crippen molar-refractivity contribution in [1.29, 1.82) is 0 Å². The number of nitrogens with zero attached hydrogens (tertiary/aromatic N) is 4. The largest absolute Gasteiger partial charge is 0.350 e. The van der Waals surface area contributed by atoms with Gasteiger partial charge in [-0.1, -0.05) is 23.4 Å². The molecule has 0 spiro atoms. The molecule has 0 unspecified atom stereocenters. The van der Waals surface area contributed by atoms with Crippen LogP contribution in [0.4, 0.5) is 5.82 Å². The van der Waals surface area contributed by atoms with Gasteiger partial charge in [-0.25, -0.2) is 4.68 Å². The van der Waals surface area contributed by atoms with E-state index in [9.17, 15) is 4.79 Å². The molecule has 0 saturated carbocycles. The first-order valence-corrected chi connectivity index (χ1v) is 6.83. The highest BCUT2D eigenvalue weighted by Crippen LogP contribution is 2.21. The van der Waals surface area contributed by atoms with Gasteiger partial charge in [-0.3, -0.25) is 4.79 Å². The van der Waals surface area contributed by atoms with Crippen molar-refractivity contribution >= 4 is 22.6 Å². The van der Waals surface area contributed by atoms with Crippen LogP contribution in [-0.4, -0.2) is 25.5 Å². The van der Waals surface area contributed by atoms with Crippen LogP contribution in [0, 0.1) is 0 Å². The molecule has 2 heterocycles. The van der Waals surface area contributed by atoms with Gasteiger partial charge in [0.15, 0.2) is 5.82 Å². The molecule has 0 aliphatic carbocycles. The highest BCUT2D eigenvalue weighted by molar-refractivity contribution is 6.12. The number of carbonyl (C=O) groups excluding carboxylic acids is 1. The number of para-hydroxylation sites is 1.